The number of primary amides is 1. The summed E-state index contributed by atoms with van der Waals surface area (Å²) in [5.41, 5.74) is 5.40. The third-order valence-corrected chi connectivity index (χ3v) is 1.97. The number of carbonyl (C=O) groups excluding carboxylic acids is 1. The number of aromatic nitrogens is 2. The number of anilines is 1. The highest BCUT2D eigenvalue weighted by atomic mass is 16.1. The molecule has 0 spiro atoms. The Hall–Kier alpha value is -1.69. The molecule has 0 saturated heterocycles. The molecule has 0 saturated carbocycles. The van der Waals surface area contributed by atoms with Gasteiger partial charge in [0.2, 0.25) is 0 Å². The van der Waals surface area contributed by atoms with Gasteiger partial charge < -0.3 is 16.0 Å². The molecule has 0 atom stereocenters. The molecule has 0 aliphatic carbocycles. The maximum Gasteiger partial charge on any atom is 0.271 e. The third-order valence-electron chi connectivity index (χ3n) is 1.97. The SMILES string of the molecule is CNCCN(C)c1nccnc1C(N)=O. The highest BCUT2D eigenvalue weighted by molar-refractivity contribution is 5.95. The summed E-state index contributed by atoms with van der Waals surface area (Å²) in [5.74, 6) is -0.0466. The van der Waals surface area contributed by atoms with E-state index in [4.69, 9.17) is 5.73 Å². The summed E-state index contributed by atoms with van der Waals surface area (Å²) in [7, 11) is 3.70. The molecule has 3 N–H and O–H groups in total. The van der Waals surface area contributed by atoms with Crippen molar-refractivity contribution in [3.8, 4) is 0 Å². The fourth-order valence-electron chi connectivity index (χ4n) is 1.17. The fourth-order valence-corrected chi connectivity index (χ4v) is 1.17. The van der Waals surface area contributed by atoms with Gasteiger partial charge in [-0.3, -0.25) is 4.79 Å². The highest BCUT2D eigenvalue weighted by Crippen LogP contribution is 2.11. The van der Waals surface area contributed by atoms with Crippen LogP contribution in [-0.4, -0.2) is 43.1 Å². The zero-order valence-corrected chi connectivity index (χ0v) is 8.90. The molecule has 0 radical (unpaired) electrons. The molecule has 0 aliphatic rings. The number of nitrogens with zero attached hydrogens (tertiary/aromatic N) is 3. The lowest BCUT2D eigenvalue weighted by Crippen LogP contribution is -2.30. The van der Waals surface area contributed by atoms with Gasteiger partial charge in [0.25, 0.3) is 5.91 Å². The maximum atomic E-state index is 11.1. The van der Waals surface area contributed by atoms with E-state index < -0.39 is 5.91 Å². The minimum Gasteiger partial charge on any atom is -0.364 e. The van der Waals surface area contributed by atoms with Gasteiger partial charge in [-0.15, -0.1) is 0 Å². The average Bonchev–Trinajstić information content (AvgIpc) is 2.25. The van der Waals surface area contributed by atoms with Crippen LogP contribution < -0.4 is 16.0 Å². The first kappa shape index (κ1) is 11.4. The van der Waals surface area contributed by atoms with Gasteiger partial charge >= 0.3 is 0 Å². The molecule has 1 heterocycles. The Labute approximate surface area is 88.5 Å². The van der Waals surface area contributed by atoms with Crippen LogP contribution in [0.1, 0.15) is 10.5 Å². The molecule has 0 aromatic carbocycles. The van der Waals surface area contributed by atoms with E-state index in [-0.39, 0.29) is 5.69 Å². The van der Waals surface area contributed by atoms with E-state index in [1.165, 1.54) is 12.4 Å². The second-order valence-electron chi connectivity index (χ2n) is 3.12. The Kier molecular flexibility index (Phi) is 3.99. The Balaban J connectivity index is 2.87. The normalized spacial score (nSPS) is 10.0. The smallest absolute Gasteiger partial charge is 0.271 e. The van der Waals surface area contributed by atoms with Crippen molar-refractivity contribution in [2.24, 2.45) is 5.73 Å². The molecule has 6 nitrogen and oxygen atoms in total. The number of nitrogens with one attached hydrogen (secondary N) is 1. The summed E-state index contributed by atoms with van der Waals surface area (Å²) in [6, 6.07) is 0. The van der Waals surface area contributed by atoms with Crippen molar-refractivity contribution in [2.45, 2.75) is 0 Å². The number of hydrogen-bond donors (Lipinski definition) is 2. The van der Waals surface area contributed by atoms with E-state index >= 15 is 0 Å². The number of rotatable bonds is 5. The van der Waals surface area contributed by atoms with E-state index in [0.717, 1.165) is 13.1 Å². The number of nitrogens with two attached hydrogens (primary N) is 1. The van der Waals surface area contributed by atoms with E-state index in [1.807, 2.05) is 19.0 Å². The monoisotopic (exact) mass is 209 g/mol. The van der Waals surface area contributed by atoms with Crippen LogP contribution in [0.2, 0.25) is 0 Å². The minimum absolute atomic E-state index is 0.205. The second kappa shape index (κ2) is 5.26. The van der Waals surface area contributed by atoms with Crippen molar-refractivity contribution in [3.05, 3.63) is 18.1 Å². The van der Waals surface area contributed by atoms with Gasteiger partial charge in [-0.1, -0.05) is 0 Å². The largest absolute Gasteiger partial charge is 0.364 e. The first-order chi connectivity index (χ1) is 7.16. The van der Waals surface area contributed by atoms with Crippen molar-refractivity contribution in [3.63, 3.8) is 0 Å². The molecule has 0 fully saturated rings. The van der Waals surface area contributed by atoms with Crippen LogP contribution in [0.5, 0.6) is 0 Å². The Bertz CT molecular complexity index is 341. The quantitative estimate of drug-likeness (QED) is 0.665. The van der Waals surface area contributed by atoms with Crippen molar-refractivity contribution in [2.75, 3.05) is 32.1 Å². The van der Waals surface area contributed by atoms with E-state index in [0.29, 0.717) is 5.82 Å². The first-order valence-electron chi connectivity index (χ1n) is 4.63. The van der Waals surface area contributed by atoms with Gasteiger partial charge in [-0.2, -0.15) is 0 Å². The average molecular weight is 209 g/mol. The van der Waals surface area contributed by atoms with Crippen molar-refractivity contribution >= 4 is 11.7 Å². The number of amides is 1. The summed E-state index contributed by atoms with van der Waals surface area (Å²) in [6.07, 6.45) is 2.99. The lowest BCUT2D eigenvalue weighted by atomic mass is 10.3. The van der Waals surface area contributed by atoms with Crippen molar-refractivity contribution < 1.29 is 4.79 Å². The van der Waals surface area contributed by atoms with Gasteiger partial charge in [0.15, 0.2) is 11.5 Å². The van der Waals surface area contributed by atoms with Crippen LogP contribution in [0, 0.1) is 0 Å². The molecule has 15 heavy (non-hydrogen) atoms. The summed E-state index contributed by atoms with van der Waals surface area (Å²) in [4.78, 5) is 20.9. The van der Waals surface area contributed by atoms with Crippen LogP contribution in [0.25, 0.3) is 0 Å². The molecule has 1 aromatic rings. The van der Waals surface area contributed by atoms with Gasteiger partial charge in [-0.05, 0) is 7.05 Å². The number of hydrogen-bond acceptors (Lipinski definition) is 5. The Morgan fingerprint density at radius 3 is 2.80 bits per heavy atom. The van der Waals surface area contributed by atoms with Gasteiger partial charge in [0.05, 0.1) is 0 Å². The molecular weight excluding hydrogens is 194 g/mol. The second-order valence-corrected chi connectivity index (χ2v) is 3.12. The maximum absolute atomic E-state index is 11.1. The summed E-state index contributed by atoms with van der Waals surface area (Å²) in [5, 5.41) is 3.01. The molecule has 6 heteroatoms. The number of carbonyl (C=O) groups is 1. The van der Waals surface area contributed by atoms with Crippen molar-refractivity contribution in [1.82, 2.24) is 15.3 Å². The Morgan fingerprint density at radius 1 is 1.53 bits per heavy atom. The van der Waals surface area contributed by atoms with Crippen molar-refractivity contribution in [1.29, 1.82) is 0 Å². The lowest BCUT2D eigenvalue weighted by molar-refractivity contribution is 0.0996. The predicted octanol–water partition coefficient (Wildman–Crippen LogP) is -0.769. The molecule has 1 rings (SSSR count). The molecule has 1 amide bonds. The molecule has 0 bridgehead atoms. The van der Waals surface area contributed by atoms with Gasteiger partial charge in [0.1, 0.15) is 0 Å². The molecule has 0 unspecified atom stereocenters. The van der Waals surface area contributed by atoms with Crippen LogP contribution in [0.4, 0.5) is 5.82 Å². The van der Waals surface area contributed by atoms with Gasteiger partial charge in [-0.25, -0.2) is 9.97 Å². The summed E-state index contributed by atoms with van der Waals surface area (Å²) in [6.45, 7) is 1.53. The van der Waals surface area contributed by atoms with E-state index in [9.17, 15) is 4.79 Å². The molecule has 0 aliphatic heterocycles. The van der Waals surface area contributed by atoms with Gasteiger partial charge in [0, 0.05) is 32.5 Å². The van der Waals surface area contributed by atoms with Crippen LogP contribution in [-0.2, 0) is 0 Å². The molecule has 1 aromatic heterocycles. The van der Waals surface area contributed by atoms with E-state index in [1.54, 1.807) is 0 Å². The third kappa shape index (κ3) is 2.88. The zero-order chi connectivity index (χ0) is 11.3. The summed E-state index contributed by atoms with van der Waals surface area (Å²) >= 11 is 0. The van der Waals surface area contributed by atoms with Crippen LogP contribution in [0.3, 0.4) is 0 Å². The Morgan fingerprint density at radius 2 is 2.20 bits per heavy atom. The first-order valence-corrected chi connectivity index (χ1v) is 4.63. The van der Waals surface area contributed by atoms with Crippen LogP contribution >= 0.6 is 0 Å². The lowest BCUT2D eigenvalue weighted by Gasteiger charge is -2.18. The standard InChI is InChI=1S/C9H15N5O/c1-11-5-6-14(2)9-7(8(10)15)12-3-4-13-9/h3-4,11H,5-6H2,1-2H3,(H2,10,15). The van der Waals surface area contributed by atoms with E-state index in [2.05, 4.69) is 15.3 Å². The zero-order valence-electron chi connectivity index (χ0n) is 8.90. The predicted molar refractivity (Wildman–Crippen MR) is 57.7 cm³/mol. The fraction of sp³-hybridized carbons (Fsp3) is 0.444. The number of likely N-dealkylation sites (N-methyl/N-ethyl adjacent to an activating group) is 2. The minimum atomic E-state index is -0.561. The van der Waals surface area contributed by atoms with Crippen LogP contribution in [0.15, 0.2) is 12.4 Å². The highest BCUT2D eigenvalue weighted by Gasteiger charge is 2.13. The molecular formula is C9H15N5O. The summed E-state index contributed by atoms with van der Waals surface area (Å²) < 4.78 is 0. The topological polar surface area (TPSA) is 84.1 Å². The molecule has 82 valence electrons.